The summed E-state index contributed by atoms with van der Waals surface area (Å²) in [5.41, 5.74) is 7.39. The highest BCUT2D eigenvalue weighted by atomic mass is 16.4. The average Bonchev–Trinajstić information content (AvgIpc) is 2.38. The summed E-state index contributed by atoms with van der Waals surface area (Å²) >= 11 is 0. The van der Waals surface area contributed by atoms with Gasteiger partial charge in [0.15, 0.2) is 0 Å². The van der Waals surface area contributed by atoms with Gasteiger partial charge in [-0.3, -0.25) is 4.79 Å². The summed E-state index contributed by atoms with van der Waals surface area (Å²) in [6, 6.07) is 5.61. The van der Waals surface area contributed by atoms with E-state index in [0.29, 0.717) is 18.2 Å². The van der Waals surface area contributed by atoms with Crippen LogP contribution in [0, 0.1) is 12.8 Å². The maximum absolute atomic E-state index is 11.4. The van der Waals surface area contributed by atoms with Crippen molar-refractivity contribution in [2.45, 2.75) is 32.7 Å². The number of nitrogens with two attached hydrogens (primary N) is 1. The molecule has 1 aromatic rings. The molecule has 5 heteroatoms. The van der Waals surface area contributed by atoms with E-state index in [1.165, 1.54) is 0 Å². The van der Waals surface area contributed by atoms with Crippen molar-refractivity contribution in [2.24, 2.45) is 11.7 Å². The Balaban J connectivity index is 2.27. The third-order valence-corrected chi connectivity index (χ3v) is 4.06. The molecule has 2 unspecified atom stereocenters. The third kappa shape index (κ3) is 2.76. The number of anilines is 1. The zero-order chi connectivity index (χ0) is 14.9. The van der Waals surface area contributed by atoms with E-state index < -0.39 is 5.97 Å². The smallest absolute Gasteiger partial charge is 0.335 e. The number of nitrogens with zero attached hydrogens (tertiary/aromatic N) is 1. The number of carbonyl (C=O) groups excluding carboxylic acids is 1. The third-order valence-electron chi connectivity index (χ3n) is 4.06. The standard InChI is InChI=1S/C15H20N2O3/c1-9-7-12(5-6-13(9)15(19)20)17-8-11(14(16)18)4-3-10(17)2/h5-7,10-11H,3-4,8H2,1-2H3,(H2,16,18)(H,19,20). The molecule has 3 N–H and O–H groups in total. The Kier molecular flexibility index (Phi) is 3.97. The van der Waals surface area contributed by atoms with Crippen LogP contribution in [0.5, 0.6) is 0 Å². The van der Waals surface area contributed by atoms with Gasteiger partial charge in [0.2, 0.25) is 5.91 Å². The summed E-state index contributed by atoms with van der Waals surface area (Å²) in [5, 5.41) is 9.06. The van der Waals surface area contributed by atoms with Crippen LogP contribution in [-0.2, 0) is 4.79 Å². The molecule has 1 amide bonds. The number of carboxylic acids is 1. The Morgan fingerprint density at radius 1 is 1.35 bits per heavy atom. The highest BCUT2D eigenvalue weighted by Crippen LogP contribution is 2.29. The first kappa shape index (κ1) is 14.4. The van der Waals surface area contributed by atoms with Crippen molar-refractivity contribution in [3.8, 4) is 0 Å². The minimum Gasteiger partial charge on any atom is -0.478 e. The van der Waals surface area contributed by atoms with E-state index in [1.54, 1.807) is 19.1 Å². The predicted molar refractivity (Wildman–Crippen MR) is 76.9 cm³/mol. The molecule has 0 radical (unpaired) electrons. The second-order valence-electron chi connectivity index (χ2n) is 5.48. The maximum atomic E-state index is 11.4. The molecular weight excluding hydrogens is 256 g/mol. The lowest BCUT2D eigenvalue weighted by atomic mass is 9.92. The van der Waals surface area contributed by atoms with Gasteiger partial charge >= 0.3 is 5.97 Å². The van der Waals surface area contributed by atoms with Gasteiger partial charge in [-0.05, 0) is 50.5 Å². The van der Waals surface area contributed by atoms with Crippen molar-refractivity contribution >= 4 is 17.6 Å². The van der Waals surface area contributed by atoms with Crippen LogP contribution in [0.1, 0.15) is 35.7 Å². The van der Waals surface area contributed by atoms with Gasteiger partial charge in [-0.1, -0.05) is 0 Å². The van der Waals surface area contributed by atoms with Gasteiger partial charge < -0.3 is 15.7 Å². The molecule has 0 spiro atoms. The Bertz CT molecular complexity index is 542. The first-order chi connectivity index (χ1) is 9.40. The number of piperidine rings is 1. The summed E-state index contributed by atoms with van der Waals surface area (Å²) in [5.74, 6) is -1.32. The number of amides is 1. The second-order valence-corrected chi connectivity index (χ2v) is 5.48. The number of carbonyl (C=O) groups is 2. The van der Waals surface area contributed by atoms with E-state index >= 15 is 0 Å². The summed E-state index contributed by atoms with van der Waals surface area (Å²) < 4.78 is 0. The monoisotopic (exact) mass is 276 g/mol. The fourth-order valence-corrected chi connectivity index (χ4v) is 2.77. The van der Waals surface area contributed by atoms with Crippen LogP contribution in [0.15, 0.2) is 18.2 Å². The molecule has 1 aromatic carbocycles. The molecule has 20 heavy (non-hydrogen) atoms. The van der Waals surface area contributed by atoms with Crippen molar-refractivity contribution in [1.82, 2.24) is 0 Å². The van der Waals surface area contributed by atoms with Crippen molar-refractivity contribution < 1.29 is 14.7 Å². The number of rotatable bonds is 3. The molecule has 1 saturated heterocycles. The fourth-order valence-electron chi connectivity index (χ4n) is 2.77. The lowest BCUT2D eigenvalue weighted by molar-refractivity contribution is -0.122. The molecule has 1 fully saturated rings. The van der Waals surface area contributed by atoms with Gasteiger partial charge in [0, 0.05) is 18.3 Å². The van der Waals surface area contributed by atoms with E-state index in [1.807, 2.05) is 6.07 Å². The quantitative estimate of drug-likeness (QED) is 0.881. The number of primary amides is 1. The lowest BCUT2D eigenvalue weighted by Gasteiger charge is -2.38. The molecule has 0 bridgehead atoms. The van der Waals surface area contributed by atoms with E-state index in [9.17, 15) is 9.59 Å². The first-order valence-corrected chi connectivity index (χ1v) is 6.80. The Morgan fingerprint density at radius 3 is 2.60 bits per heavy atom. The van der Waals surface area contributed by atoms with Crippen LogP contribution in [0.4, 0.5) is 5.69 Å². The second kappa shape index (κ2) is 5.53. The number of hydrogen-bond donors (Lipinski definition) is 2. The molecule has 1 aliphatic rings. The molecule has 2 rings (SSSR count). The topological polar surface area (TPSA) is 83.6 Å². The van der Waals surface area contributed by atoms with Crippen molar-refractivity contribution in [3.63, 3.8) is 0 Å². The molecule has 0 aromatic heterocycles. The van der Waals surface area contributed by atoms with Crippen LogP contribution in [0.3, 0.4) is 0 Å². The highest BCUT2D eigenvalue weighted by molar-refractivity contribution is 5.90. The van der Waals surface area contributed by atoms with Crippen molar-refractivity contribution in [3.05, 3.63) is 29.3 Å². The Labute approximate surface area is 118 Å². The van der Waals surface area contributed by atoms with Gasteiger partial charge in [-0.25, -0.2) is 4.79 Å². The fraction of sp³-hybridized carbons (Fsp3) is 0.467. The van der Waals surface area contributed by atoms with Gasteiger partial charge in [-0.2, -0.15) is 0 Å². The molecule has 1 heterocycles. The minimum atomic E-state index is -0.921. The summed E-state index contributed by atoms with van der Waals surface area (Å²) in [6.45, 7) is 4.49. The van der Waals surface area contributed by atoms with Gasteiger partial charge in [-0.15, -0.1) is 0 Å². The maximum Gasteiger partial charge on any atom is 0.335 e. The highest BCUT2D eigenvalue weighted by Gasteiger charge is 2.29. The van der Waals surface area contributed by atoms with Crippen LogP contribution in [0.25, 0.3) is 0 Å². The number of aryl methyl sites for hydroxylation is 1. The van der Waals surface area contributed by atoms with Crippen molar-refractivity contribution in [1.29, 1.82) is 0 Å². The number of carboxylic acid groups (broad SMARTS) is 1. The average molecular weight is 276 g/mol. The lowest BCUT2D eigenvalue weighted by Crippen LogP contribution is -2.45. The summed E-state index contributed by atoms with van der Waals surface area (Å²) in [7, 11) is 0. The van der Waals surface area contributed by atoms with Gasteiger partial charge in [0.1, 0.15) is 0 Å². The molecule has 0 saturated carbocycles. The molecule has 2 atom stereocenters. The van der Waals surface area contributed by atoms with Gasteiger partial charge in [0.25, 0.3) is 0 Å². The van der Waals surface area contributed by atoms with Crippen LogP contribution in [-0.4, -0.2) is 29.6 Å². The van der Waals surface area contributed by atoms with Crippen LogP contribution >= 0.6 is 0 Å². The molecule has 5 nitrogen and oxygen atoms in total. The summed E-state index contributed by atoms with van der Waals surface area (Å²) in [4.78, 5) is 24.5. The minimum absolute atomic E-state index is 0.134. The molecular formula is C15H20N2O3. The molecule has 0 aliphatic carbocycles. The molecule has 1 aliphatic heterocycles. The SMILES string of the molecule is Cc1cc(N2CC(C(N)=O)CCC2C)ccc1C(=O)O. The number of benzene rings is 1. The number of hydrogen-bond acceptors (Lipinski definition) is 3. The van der Waals surface area contributed by atoms with Crippen LogP contribution < -0.4 is 10.6 Å². The predicted octanol–water partition coefficient (Wildman–Crippen LogP) is 1.78. The van der Waals surface area contributed by atoms with Crippen LogP contribution in [0.2, 0.25) is 0 Å². The Morgan fingerprint density at radius 2 is 2.05 bits per heavy atom. The van der Waals surface area contributed by atoms with E-state index in [4.69, 9.17) is 10.8 Å². The largest absolute Gasteiger partial charge is 0.478 e. The zero-order valence-corrected chi connectivity index (χ0v) is 11.8. The van der Waals surface area contributed by atoms with E-state index in [-0.39, 0.29) is 11.8 Å². The van der Waals surface area contributed by atoms with Gasteiger partial charge in [0.05, 0.1) is 11.5 Å². The summed E-state index contributed by atoms with van der Waals surface area (Å²) in [6.07, 6.45) is 1.73. The zero-order valence-electron chi connectivity index (χ0n) is 11.8. The van der Waals surface area contributed by atoms with E-state index in [0.717, 1.165) is 24.1 Å². The normalized spacial score (nSPS) is 22.6. The first-order valence-electron chi connectivity index (χ1n) is 6.80. The van der Waals surface area contributed by atoms with Crippen molar-refractivity contribution in [2.75, 3.05) is 11.4 Å². The Hall–Kier alpha value is -2.04. The van der Waals surface area contributed by atoms with E-state index in [2.05, 4.69) is 11.8 Å². The number of aromatic carboxylic acids is 1. The molecule has 108 valence electrons.